The number of aromatic amines is 1. The fourth-order valence-electron chi connectivity index (χ4n) is 1.07. The molecule has 0 aliphatic rings. The van der Waals surface area contributed by atoms with Gasteiger partial charge in [-0.25, -0.2) is 0 Å². The molecule has 0 radical (unpaired) electrons. The first-order valence-corrected chi connectivity index (χ1v) is 4.63. The molecule has 14 heavy (non-hydrogen) atoms. The Hall–Kier alpha value is -0.860. The van der Waals surface area contributed by atoms with Gasteiger partial charge in [0.05, 0.1) is 5.56 Å². The number of halogens is 4. The van der Waals surface area contributed by atoms with Crippen molar-refractivity contribution >= 4 is 33.6 Å². The second-order valence-electron chi connectivity index (χ2n) is 2.65. The van der Waals surface area contributed by atoms with E-state index in [4.69, 9.17) is 0 Å². The lowest BCUT2D eigenvalue weighted by atomic mass is 10.2. The van der Waals surface area contributed by atoms with E-state index >= 15 is 0 Å². The molecule has 1 aromatic carbocycles. The molecule has 74 valence electrons. The molecule has 1 heterocycles. The average molecular weight is 314 g/mol. The summed E-state index contributed by atoms with van der Waals surface area (Å²) >= 11 is 1.80. The molecule has 0 atom stereocenters. The lowest BCUT2D eigenvalue weighted by molar-refractivity contribution is -0.137. The first-order valence-electron chi connectivity index (χ1n) is 3.56. The van der Waals surface area contributed by atoms with Crippen LogP contribution in [0.5, 0.6) is 0 Å². The lowest BCUT2D eigenvalue weighted by Crippen LogP contribution is -2.05. The normalized spacial score (nSPS) is 12.3. The number of benzene rings is 1. The number of H-pyrrole nitrogens is 1. The van der Waals surface area contributed by atoms with Crippen LogP contribution in [0.25, 0.3) is 11.0 Å². The fraction of sp³-hybridized carbons (Fsp3) is 0.143. The minimum atomic E-state index is -4.34. The molecule has 3 nitrogen and oxygen atoms in total. The standard InChI is InChI=1S/C7H3F3IN3/c8-7(9,10)3-1-4(11)6-5(2-3)12-14-13-6/h1-2H,(H,12,13,14)/i14+1. The van der Waals surface area contributed by atoms with Crippen molar-refractivity contribution in [2.75, 3.05) is 0 Å². The van der Waals surface area contributed by atoms with Crippen LogP contribution in [0.2, 0.25) is 0 Å². The predicted octanol–water partition coefficient (Wildman–Crippen LogP) is 2.58. The molecule has 0 spiro atoms. The Morgan fingerprint density at radius 1 is 1.21 bits per heavy atom. The van der Waals surface area contributed by atoms with Gasteiger partial charge in [0.15, 0.2) is 0 Å². The highest BCUT2D eigenvalue weighted by molar-refractivity contribution is 14.1. The summed E-state index contributed by atoms with van der Waals surface area (Å²) in [5, 5.41) is 9.63. The van der Waals surface area contributed by atoms with Gasteiger partial charge in [-0.2, -0.15) is 28.6 Å². The van der Waals surface area contributed by atoms with E-state index in [9.17, 15) is 13.2 Å². The number of alkyl halides is 3. The molecule has 0 amide bonds. The molecule has 2 rings (SSSR count). The molecule has 0 saturated heterocycles. The van der Waals surface area contributed by atoms with Crippen molar-refractivity contribution in [1.29, 1.82) is 0 Å². The van der Waals surface area contributed by atoms with Gasteiger partial charge in [-0.05, 0) is 34.7 Å². The van der Waals surface area contributed by atoms with Crippen molar-refractivity contribution in [3.63, 3.8) is 0 Å². The van der Waals surface area contributed by atoms with Gasteiger partial charge in [0.1, 0.15) is 11.0 Å². The highest BCUT2D eigenvalue weighted by atomic mass is 127. The minimum absolute atomic E-state index is 0.226. The molecule has 0 aliphatic heterocycles. The molecular formula is C7H3F3IN3. The predicted molar refractivity (Wildman–Crippen MR) is 51.6 cm³/mol. The molecule has 0 fully saturated rings. The van der Waals surface area contributed by atoms with Crippen LogP contribution in [0.4, 0.5) is 13.2 Å². The first kappa shape index (κ1) is 9.69. The summed E-state index contributed by atoms with van der Waals surface area (Å²) in [5.41, 5.74) is -0.0221. The molecule has 0 saturated carbocycles. The minimum Gasteiger partial charge on any atom is -0.197 e. The topological polar surface area (TPSA) is 41.6 Å². The Morgan fingerprint density at radius 2 is 1.93 bits per heavy atom. The Morgan fingerprint density at radius 3 is 2.57 bits per heavy atom. The Balaban J connectivity index is 2.70. The van der Waals surface area contributed by atoms with E-state index in [1.807, 2.05) is 0 Å². The van der Waals surface area contributed by atoms with E-state index in [-0.39, 0.29) is 5.52 Å². The van der Waals surface area contributed by atoms with E-state index in [2.05, 4.69) is 15.4 Å². The van der Waals surface area contributed by atoms with E-state index in [1.165, 1.54) is 0 Å². The van der Waals surface area contributed by atoms with Crippen LogP contribution in [-0.4, -0.2) is 15.4 Å². The second kappa shape index (κ2) is 3.07. The Labute approximate surface area is 89.8 Å². The number of nitrogens with zero attached hydrogens (tertiary/aromatic N) is 2. The Kier molecular flexibility index (Phi) is 2.13. The van der Waals surface area contributed by atoms with Gasteiger partial charge < -0.3 is 0 Å². The third-order valence-electron chi connectivity index (χ3n) is 1.70. The van der Waals surface area contributed by atoms with Crippen molar-refractivity contribution < 1.29 is 13.2 Å². The lowest BCUT2D eigenvalue weighted by Gasteiger charge is -2.06. The van der Waals surface area contributed by atoms with Crippen molar-refractivity contribution in [2.24, 2.45) is 0 Å². The Bertz CT molecular complexity index is 476. The highest BCUT2D eigenvalue weighted by Crippen LogP contribution is 2.32. The maximum Gasteiger partial charge on any atom is 0.416 e. The SMILES string of the molecule is FC(F)(F)c1cc(I)c2n[15nH]nc2c1. The van der Waals surface area contributed by atoms with E-state index < -0.39 is 11.7 Å². The van der Waals surface area contributed by atoms with Crippen molar-refractivity contribution in [2.45, 2.75) is 6.18 Å². The van der Waals surface area contributed by atoms with Crippen LogP contribution in [0.3, 0.4) is 0 Å². The largest absolute Gasteiger partial charge is 0.416 e. The average Bonchev–Trinajstić information content (AvgIpc) is 2.50. The monoisotopic (exact) mass is 314 g/mol. The third-order valence-corrected chi connectivity index (χ3v) is 2.53. The number of fused-ring (bicyclic) bond motifs is 1. The molecule has 1 N–H and O–H groups in total. The van der Waals surface area contributed by atoms with Gasteiger partial charge >= 0.3 is 6.18 Å². The summed E-state index contributed by atoms with van der Waals surface area (Å²) in [6, 6.07) is 2.02. The van der Waals surface area contributed by atoms with Gasteiger partial charge in [-0.1, -0.05) is 0 Å². The van der Waals surface area contributed by atoms with Crippen LogP contribution in [0.15, 0.2) is 12.1 Å². The molecule has 7 heteroatoms. The molecule has 0 aliphatic carbocycles. The molecular weight excluding hydrogens is 311 g/mol. The van der Waals surface area contributed by atoms with Crippen LogP contribution >= 0.6 is 22.6 Å². The third kappa shape index (κ3) is 1.56. The van der Waals surface area contributed by atoms with Gasteiger partial charge in [-0.15, -0.1) is 0 Å². The number of hydrogen-bond acceptors (Lipinski definition) is 2. The number of aromatic nitrogens is 3. The molecule has 0 unspecified atom stereocenters. The summed E-state index contributed by atoms with van der Waals surface area (Å²) in [6.07, 6.45) is -4.34. The summed E-state index contributed by atoms with van der Waals surface area (Å²) in [7, 11) is 0. The smallest absolute Gasteiger partial charge is 0.197 e. The molecule has 1 aromatic heterocycles. The van der Waals surface area contributed by atoms with Gasteiger partial charge in [-0.3, -0.25) is 0 Å². The summed E-state index contributed by atoms with van der Waals surface area (Å²) in [4.78, 5) is 0. The summed E-state index contributed by atoms with van der Waals surface area (Å²) in [6.45, 7) is 0. The number of nitrogens with one attached hydrogen (secondary N) is 1. The number of hydrogen-bond donors (Lipinski definition) is 1. The zero-order chi connectivity index (χ0) is 10.3. The van der Waals surface area contributed by atoms with Gasteiger partial charge in [0.2, 0.25) is 0 Å². The van der Waals surface area contributed by atoms with Crippen LogP contribution in [-0.2, 0) is 6.18 Å². The summed E-state index contributed by atoms with van der Waals surface area (Å²) in [5.74, 6) is 0. The van der Waals surface area contributed by atoms with Crippen LogP contribution in [0, 0.1) is 3.57 Å². The van der Waals surface area contributed by atoms with Crippen LogP contribution < -0.4 is 0 Å². The quantitative estimate of drug-likeness (QED) is 0.760. The first-order chi connectivity index (χ1) is 6.48. The maximum atomic E-state index is 12.3. The van der Waals surface area contributed by atoms with Gasteiger partial charge in [0, 0.05) is 3.57 Å². The van der Waals surface area contributed by atoms with E-state index in [0.717, 1.165) is 12.1 Å². The van der Waals surface area contributed by atoms with Gasteiger partial charge in [0.25, 0.3) is 0 Å². The highest BCUT2D eigenvalue weighted by Gasteiger charge is 2.31. The van der Waals surface area contributed by atoms with E-state index in [1.54, 1.807) is 22.6 Å². The van der Waals surface area contributed by atoms with Crippen LogP contribution in [0.1, 0.15) is 5.56 Å². The molecule has 2 aromatic rings. The van der Waals surface area contributed by atoms with Crippen molar-refractivity contribution in [1.82, 2.24) is 15.4 Å². The number of rotatable bonds is 0. The van der Waals surface area contributed by atoms with Crippen molar-refractivity contribution in [3.05, 3.63) is 21.3 Å². The fourth-order valence-corrected chi connectivity index (χ4v) is 1.81. The zero-order valence-corrected chi connectivity index (χ0v) is 8.72. The zero-order valence-electron chi connectivity index (χ0n) is 6.56. The summed E-state index contributed by atoms with van der Waals surface area (Å²) < 4.78 is 37.5. The maximum absolute atomic E-state index is 12.3. The molecule has 0 bridgehead atoms. The second-order valence-corrected chi connectivity index (χ2v) is 3.81. The van der Waals surface area contributed by atoms with Crippen molar-refractivity contribution in [3.8, 4) is 0 Å². The van der Waals surface area contributed by atoms with E-state index in [0.29, 0.717) is 9.09 Å².